The van der Waals surface area contributed by atoms with Crippen LogP contribution in [0.4, 0.5) is 0 Å². The Kier molecular flexibility index (Phi) is 83.9. The summed E-state index contributed by atoms with van der Waals surface area (Å²) in [6.45, 7) is 2.40. The lowest BCUT2D eigenvalue weighted by molar-refractivity contribution is -0.161. The summed E-state index contributed by atoms with van der Waals surface area (Å²) in [4.78, 5) is 58.9. The van der Waals surface area contributed by atoms with Crippen LogP contribution < -0.4 is 0 Å². The number of aliphatic hydroxyl groups is 2. The molecular weight excluding hydrogens is 1480 g/mol. The molecule has 18 heteroatoms. The molecule has 5 atom stereocenters. The van der Waals surface area contributed by atoms with E-state index in [1.165, 1.54) is 135 Å². The number of allylic oxidation sites excluding steroid dienone is 30. The number of phosphoric acid groups is 2. The fraction of sp³-hybridized carbons (Fsp3) is 0.660. The summed E-state index contributed by atoms with van der Waals surface area (Å²) in [5.74, 6) is -1.63. The van der Waals surface area contributed by atoms with Gasteiger partial charge in [0.2, 0.25) is 0 Å². The maximum Gasteiger partial charge on any atom is 0.472 e. The fourth-order valence-corrected chi connectivity index (χ4v) is 13.4. The van der Waals surface area contributed by atoms with Crippen molar-refractivity contribution in [2.45, 2.75) is 373 Å². The zero-order valence-electron chi connectivity index (χ0n) is 72.1. The first-order valence-corrected chi connectivity index (χ1v) is 48.1. The normalized spacial score (nSPS) is 14.7. The molecular formula is C97H162O16P2. The Morgan fingerprint density at radius 3 is 0.748 bits per heavy atom. The molecule has 5 unspecified atom stereocenters. The van der Waals surface area contributed by atoms with E-state index < -0.39 is 91.5 Å². The van der Waals surface area contributed by atoms with Gasteiger partial charge in [-0.05, 0) is 161 Å². The van der Waals surface area contributed by atoms with Crippen LogP contribution in [0, 0.1) is 0 Å². The van der Waals surface area contributed by atoms with Crippen LogP contribution in [0.1, 0.15) is 355 Å². The van der Waals surface area contributed by atoms with E-state index in [0.29, 0.717) is 25.7 Å². The van der Waals surface area contributed by atoms with Crippen molar-refractivity contribution in [3.63, 3.8) is 0 Å². The average Bonchev–Trinajstić information content (AvgIpc) is 0.888. The van der Waals surface area contributed by atoms with Crippen LogP contribution in [-0.2, 0) is 55.8 Å². The molecule has 4 N–H and O–H groups in total. The average molecular weight is 1650 g/mol. The molecule has 0 rings (SSSR count). The zero-order chi connectivity index (χ0) is 83.6. The molecule has 0 aromatic carbocycles. The molecule has 0 aromatic heterocycles. The van der Waals surface area contributed by atoms with Crippen LogP contribution in [-0.4, -0.2) is 95.9 Å². The van der Waals surface area contributed by atoms with Crippen LogP contribution >= 0.6 is 15.6 Å². The molecule has 0 spiro atoms. The van der Waals surface area contributed by atoms with Crippen molar-refractivity contribution in [2.24, 2.45) is 0 Å². The quantitative estimate of drug-likeness (QED) is 0.0146. The highest BCUT2D eigenvalue weighted by atomic mass is 31.2. The van der Waals surface area contributed by atoms with Gasteiger partial charge in [-0.3, -0.25) is 32.5 Å². The molecule has 0 bridgehead atoms. The van der Waals surface area contributed by atoms with Crippen LogP contribution in [0.5, 0.6) is 0 Å². The number of carbonyl (C=O) groups is 3. The summed E-state index contributed by atoms with van der Waals surface area (Å²) in [6.07, 6.45) is 115. The molecule has 656 valence electrons. The number of rotatable bonds is 84. The number of hydrogen-bond donors (Lipinski definition) is 4. The Morgan fingerprint density at radius 2 is 0.461 bits per heavy atom. The summed E-state index contributed by atoms with van der Waals surface area (Å²) in [5, 5.41) is 20.7. The number of ether oxygens (including phenoxy) is 3. The second-order valence-electron chi connectivity index (χ2n) is 29.6. The summed E-state index contributed by atoms with van der Waals surface area (Å²) >= 11 is 0. The number of carbonyl (C=O) groups excluding carboxylic acids is 3. The number of hydrogen-bond acceptors (Lipinski definition) is 14. The molecule has 0 fully saturated rings. The van der Waals surface area contributed by atoms with Gasteiger partial charge in [0.15, 0.2) is 6.10 Å². The monoisotopic (exact) mass is 1650 g/mol. The van der Waals surface area contributed by atoms with Crippen molar-refractivity contribution < 1.29 is 75.8 Å². The standard InChI is InChI=1S/C97H162O16P2/c1-4-7-10-13-16-19-22-25-28-31-34-37-39-41-43-45-47-49-51-54-56-59-62-65-68-71-74-77-80-83-95(100)107-86-92(98)87-109-114(103,104)110-88-93(99)89-111-115(105,106)112-91-94(113-97(102)85-82-79-76-73-70-67-64-61-58-53-36-33-30-27-24-21-18-15-12-9-6-3)90-108-96(101)84-81-78-75-72-69-66-63-60-57-55-52-50-48-46-44-42-40-38-35-32-29-26-23-20-17-14-11-8-5-2/h7,9-10,12,16-21,25-30,34-38,41-44,53,61,64,70,73,92-94,98-99H,4-6,8,11,13-15,22-24,31-33,39-40,45-52,54-60,62-63,65-69,71-72,74-91H2,1-3H3,(H,103,104)(H,105,106)/b10-7-,12-9-,19-16-,20-17-,21-18-,28-25-,29-26-,30-27-,37-34-,38-35-,43-41-,44-42-,53-36-,64-61-,73-70-. The molecule has 115 heavy (non-hydrogen) atoms. The number of unbranched alkanes of at least 4 members (excludes halogenated alkanes) is 31. The van der Waals surface area contributed by atoms with Gasteiger partial charge in [-0.1, -0.05) is 357 Å². The van der Waals surface area contributed by atoms with Crippen molar-refractivity contribution in [1.29, 1.82) is 0 Å². The van der Waals surface area contributed by atoms with E-state index in [4.69, 9.17) is 32.3 Å². The number of aliphatic hydroxyl groups excluding tert-OH is 2. The lowest BCUT2D eigenvalue weighted by atomic mass is 10.0. The highest BCUT2D eigenvalue weighted by Gasteiger charge is 2.29. The molecule has 0 amide bonds. The Labute approximate surface area is 700 Å². The van der Waals surface area contributed by atoms with E-state index in [-0.39, 0.29) is 19.3 Å². The van der Waals surface area contributed by atoms with Crippen LogP contribution in [0.15, 0.2) is 182 Å². The summed E-state index contributed by atoms with van der Waals surface area (Å²) < 4.78 is 61.4. The maximum atomic E-state index is 13.0. The largest absolute Gasteiger partial charge is 0.472 e. The molecule has 0 saturated carbocycles. The second-order valence-corrected chi connectivity index (χ2v) is 32.5. The molecule has 0 saturated heterocycles. The predicted octanol–water partition coefficient (Wildman–Crippen LogP) is 27.7. The van der Waals surface area contributed by atoms with Gasteiger partial charge in [0.05, 0.1) is 26.4 Å². The van der Waals surface area contributed by atoms with E-state index in [1.807, 2.05) is 0 Å². The summed E-state index contributed by atoms with van der Waals surface area (Å²) in [5.41, 5.74) is 0. The third-order valence-electron chi connectivity index (χ3n) is 18.6. The van der Waals surface area contributed by atoms with Crippen molar-refractivity contribution in [3.8, 4) is 0 Å². The van der Waals surface area contributed by atoms with Crippen LogP contribution in [0.25, 0.3) is 0 Å². The van der Waals surface area contributed by atoms with E-state index in [1.54, 1.807) is 0 Å². The van der Waals surface area contributed by atoms with Gasteiger partial charge in [0.1, 0.15) is 25.4 Å². The van der Waals surface area contributed by atoms with Crippen molar-refractivity contribution in [1.82, 2.24) is 0 Å². The highest BCUT2D eigenvalue weighted by molar-refractivity contribution is 7.47. The van der Waals surface area contributed by atoms with Gasteiger partial charge in [-0.15, -0.1) is 0 Å². The van der Waals surface area contributed by atoms with Crippen molar-refractivity contribution in [3.05, 3.63) is 182 Å². The van der Waals surface area contributed by atoms with E-state index in [2.05, 4.69) is 203 Å². The summed E-state index contributed by atoms with van der Waals surface area (Å²) in [7, 11) is -9.83. The molecule has 0 aliphatic carbocycles. The fourth-order valence-electron chi connectivity index (χ4n) is 11.8. The second kappa shape index (κ2) is 87.9. The first kappa shape index (κ1) is 110. The highest BCUT2D eigenvalue weighted by Crippen LogP contribution is 2.45. The Balaban J connectivity index is 4.65. The lowest BCUT2D eigenvalue weighted by Gasteiger charge is -2.21. The third kappa shape index (κ3) is 89.3. The first-order valence-electron chi connectivity index (χ1n) is 45.1. The van der Waals surface area contributed by atoms with Crippen LogP contribution in [0.3, 0.4) is 0 Å². The van der Waals surface area contributed by atoms with E-state index >= 15 is 0 Å². The SMILES string of the molecule is CC/C=C\C/C=C\C/C=C\C/C=C\C/C=C\C/C=C\CCCCC(=O)OC(COC(=O)CCCCCCCCCCCCCCC/C=C\C/C=C\C/C=C\C/C=C\CCCCC)COP(=O)(O)OCC(O)COP(=O)(O)OCC(O)COC(=O)CCCCCCCCCCCCCCC/C=C\C/C=C\C/C=C\C/C=C\C/C=C\CC. The van der Waals surface area contributed by atoms with E-state index in [0.717, 1.165) is 154 Å². The lowest BCUT2D eigenvalue weighted by Crippen LogP contribution is -2.30. The van der Waals surface area contributed by atoms with Gasteiger partial charge >= 0.3 is 33.6 Å². The maximum absolute atomic E-state index is 13.0. The zero-order valence-corrected chi connectivity index (χ0v) is 73.9. The topological polar surface area (TPSA) is 231 Å². The van der Waals surface area contributed by atoms with Crippen LogP contribution in [0.2, 0.25) is 0 Å². The minimum absolute atomic E-state index is 0.0441. The molecule has 0 radical (unpaired) electrons. The van der Waals surface area contributed by atoms with Gasteiger partial charge in [-0.25, -0.2) is 9.13 Å². The van der Waals surface area contributed by atoms with Gasteiger partial charge in [0.25, 0.3) is 0 Å². The van der Waals surface area contributed by atoms with Gasteiger partial charge in [0, 0.05) is 19.3 Å². The Hall–Kier alpha value is -5.35. The Morgan fingerprint density at radius 1 is 0.252 bits per heavy atom. The van der Waals surface area contributed by atoms with Gasteiger partial charge in [-0.2, -0.15) is 0 Å². The molecule has 0 aromatic rings. The first-order chi connectivity index (χ1) is 56.2. The summed E-state index contributed by atoms with van der Waals surface area (Å²) in [6, 6.07) is 0. The molecule has 16 nitrogen and oxygen atoms in total. The third-order valence-corrected chi connectivity index (χ3v) is 20.5. The molecule has 0 aliphatic heterocycles. The minimum Gasteiger partial charge on any atom is -0.463 e. The molecule has 0 aliphatic rings. The van der Waals surface area contributed by atoms with Crippen molar-refractivity contribution in [2.75, 3.05) is 39.6 Å². The van der Waals surface area contributed by atoms with E-state index in [9.17, 15) is 43.5 Å². The van der Waals surface area contributed by atoms with Crippen molar-refractivity contribution >= 4 is 33.6 Å². The predicted molar refractivity (Wildman–Crippen MR) is 481 cm³/mol. The number of phosphoric ester groups is 2. The number of esters is 3. The molecule has 0 heterocycles. The minimum atomic E-state index is -4.96. The van der Waals surface area contributed by atoms with Gasteiger partial charge < -0.3 is 34.2 Å². The smallest absolute Gasteiger partial charge is 0.463 e. The Bertz CT molecular complexity index is 2820.